The molecule has 0 bridgehead atoms. The van der Waals surface area contributed by atoms with Gasteiger partial charge in [-0.1, -0.05) is 6.42 Å². The Kier molecular flexibility index (Phi) is 2.29. The van der Waals surface area contributed by atoms with Crippen molar-refractivity contribution in [2.75, 3.05) is 13.2 Å². The monoisotopic (exact) mass is 195 g/mol. The minimum Gasteiger partial charge on any atom is -0.380 e. The summed E-state index contributed by atoms with van der Waals surface area (Å²) in [6.45, 7) is 1.93. The molecule has 0 aromatic heterocycles. The molecule has 0 amide bonds. The van der Waals surface area contributed by atoms with Crippen LogP contribution in [-0.2, 0) is 4.74 Å². The van der Waals surface area contributed by atoms with Crippen molar-refractivity contribution in [3.05, 3.63) is 0 Å². The molecule has 3 fully saturated rings. The predicted octanol–water partition coefficient (Wildman–Crippen LogP) is 2.09. The van der Waals surface area contributed by atoms with Crippen LogP contribution in [0.5, 0.6) is 0 Å². The SMILES string of the molecule is C1COC[C@@H](NC2CCC23CCC3)C1. The Bertz CT molecular complexity index is 201. The second kappa shape index (κ2) is 3.49. The second-order valence-corrected chi connectivity index (χ2v) is 5.39. The Balaban J connectivity index is 1.51. The van der Waals surface area contributed by atoms with Crippen molar-refractivity contribution in [2.45, 2.75) is 57.0 Å². The lowest BCUT2D eigenvalue weighted by Gasteiger charge is -2.57. The van der Waals surface area contributed by atoms with Gasteiger partial charge in [-0.25, -0.2) is 0 Å². The normalized spacial score (nSPS) is 40.3. The van der Waals surface area contributed by atoms with E-state index in [1.807, 2.05) is 0 Å². The van der Waals surface area contributed by atoms with Gasteiger partial charge >= 0.3 is 0 Å². The standard InChI is InChI=1S/C12H21NO/c1-3-10(9-14-8-1)13-11-4-7-12(11)5-2-6-12/h10-11,13H,1-9H2/t10-,11?/m0/s1. The first-order valence-electron chi connectivity index (χ1n) is 6.23. The summed E-state index contributed by atoms with van der Waals surface area (Å²) >= 11 is 0. The Labute approximate surface area is 86.4 Å². The third-order valence-electron chi connectivity index (χ3n) is 4.62. The molecule has 2 atom stereocenters. The fourth-order valence-electron chi connectivity index (χ4n) is 3.34. The summed E-state index contributed by atoms with van der Waals surface area (Å²) in [4.78, 5) is 0. The Morgan fingerprint density at radius 1 is 1.07 bits per heavy atom. The first-order chi connectivity index (χ1) is 6.89. The van der Waals surface area contributed by atoms with Gasteiger partial charge in [0.05, 0.1) is 6.61 Å². The molecular formula is C12H21NO. The van der Waals surface area contributed by atoms with E-state index in [-0.39, 0.29) is 0 Å². The lowest BCUT2D eigenvalue weighted by Crippen LogP contribution is -2.60. The Morgan fingerprint density at radius 3 is 2.50 bits per heavy atom. The third kappa shape index (κ3) is 1.40. The van der Waals surface area contributed by atoms with Crippen molar-refractivity contribution in [1.82, 2.24) is 5.32 Å². The molecule has 1 spiro atoms. The van der Waals surface area contributed by atoms with Crippen molar-refractivity contribution < 1.29 is 4.74 Å². The van der Waals surface area contributed by atoms with Gasteiger partial charge in [0.25, 0.3) is 0 Å². The number of rotatable bonds is 2. The zero-order valence-electron chi connectivity index (χ0n) is 8.93. The molecule has 2 nitrogen and oxygen atoms in total. The van der Waals surface area contributed by atoms with Crippen LogP contribution in [0.25, 0.3) is 0 Å². The van der Waals surface area contributed by atoms with Crippen molar-refractivity contribution in [3.63, 3.8) is 0 Å². The fourth-order valence-corrected chi connectivity index (χ4v) is 3.34. The molecule has 80 valence electrons. The molecule has 3 rings (SSSR count). The van der Waals surface area contributed by atoms with E-state index < -0.39 is 0 Å². The average molecular weight is 195 g/mol. The maximum atomic E-state index is 5.51. The summed E-state index contributed by atoms with van der Waals surface area (Å²) in [6.07, 6.45) is 9.91. The molecule has 1 N–H and O–H groups in total. The van der Waals surface area contributed by atoms with Crippen LogP contribution in [0.2, 0.25) is 0 Å². The van der Waals surface area contributed by atoms with Crippen molar-refractivity contribution in [1.29, 1.82) is 0 Å². The van der Waals surface area contributed by atoms with Crippen molar-refractivity contribution in [2.24, 2.45) is 5.41 Å². The van der Waals surface area contributed by atoms with E-state index in [1.165, 1.54) is 44.9 Å². The van der Waals surface area contributed by atoms with Gasteiger partial charge in [0.15, 0.2) is 0 Å². The minimum atomic E-state index is 0.659. The van der Waals surface area contributed by atoms with Crippen molar-refractivity contribution in [3.8, 4) is 0 Å². The molecule has 3 aliphatic rings. The highest BCUT2D eigenvalue weighted by Gasteiger charge is 2.50. The van der Waals surface area contributed by atoms with E-state index in [4.69, 9.17) is 4.74 Å². The maximum absolute atomic E-state index is 5.51. The van der Waals surface area contributed by atoms with Gasteiger partial charge in [-0.3, -0.25) is 0 Å². The van der Waals surface area contributed by atoms with Crippen LogP contribution >= 0.6 is 0 Å². The largest absolute Gasteiger partial charge is 0.380 e. The van der Waals surface area contributed by atoms with E-state index in [0.29, 0.717) is 6.04 Å². The van der Waals surface area contributed by atoms with Crippen LogP contribution in [0.3, 0.4) is 0 Å². The molecule has 0 radical (unpaired) electrons. The average Bonchev–Trinajstić information content (AvgIpc) is 2.12. The second-order valence-electron chi connectivity index (χ2n) is 5.39. The first-order valence-corrected chi connectivity index (χ1v) is 6.23. The van der Waals surface area contributed by atoms with Crippen LogP contribution in [0.1, 0.15) is 44.9 Å². The topological polar surface area (TPSA) is 21.3 Å². The van der Waals surface area contributed by atoms with Crippen LogP contribution in [0.4, 0.5) is 0 Å². The smallest absolute Gasteiger partial charge is 0.0619 e. The quantitative estimate of drug-likeness (QED) is 0.728. The summed E-state index contributed by atoms with van der Waals surface area (Å²) in [7, 11) is 0. The lowest BCUT2D eigenvalue weighted by molar-refractivity contribution is -0.0355. The van der Waals surface area contributed by atoms with E-state index in [0.717, 1.165) is 24.7 Å². The molecule has 0 aromatic carbocycles. The van der Waals surface area contributed by atoms with Crippen LogP contribution in [0, 0.1) is 5.41 Å². The zero-order valence-corrected chi connectivity index (χ0v) is 8.93. The van der Waals surface area contributed by atoms with E-state index >= 15 is 0 Å². The number of hydrogen-bond donors (Lipinski definition) is 1. The summed E-state index contributed by atoms with van der Waals surface area (Å²) < 4.78 is 5.51. The van der Waals surface area contributed by atoms with E-state index in [2.05, 4.69) is 5.32 Å². The predicted molar refractivity (Wildman–Crippen MR) is 56.3 cm³/mol. The molecule has 1 heterocycles. The molecule has 0 aromatic rings. The maximum Gasteiger partial charge on any atom is 0.0619 e. The van der Waals surface area contributed by atoms with E-state index in [9.17, 15) is 0 Å². The molecule has 2 heteroatoms. The van der Waals surface area contributed by atoms with Crippen LogP contribution in [-0.4, -0.2) is 25.3 Å². The number of nitrogens with one attached hydrogen (secondary N) is 1. The van der Waals surface area contributed by atoms with E-state index in [1.54, 1.807) is 0 Å². The summed E-state index contributed by atoms with van der Waals surface area (Å²) in [5, 5.41) is 3.82. The first kappa shape index (κ1) is 9.17. The zero-order chi connectivity index (χ0) is 9.43. The van der Waals surface area contributed by atoms with Gasteiger partial charge in [-0.2, -0.15) is 0 Å². The highest BCUT2D eigenvalue weighted by Crippen LogP contribution is 2.55. The fraction of sp³-hybridized carbons (Fsp3) is 1.00. The van der Waals surface area contributed by atoms with Crippen LogP contribution < -0.4 is 5.32 Å². The Hall–Kier alpha value is -0.0800. The van der Waals surface area contributed by atoms with Gasteiger partial charge in [-0.15, -0.1) is 0 Å². The number of hydrogen-bond acceptors (Lipinski definition) is 2. The van der Waals surface area contributed by atoms with Gasteiger partial charge in [-0.05, 0) is 43.9 Å². The van der Waals surface area contributed by atoms with Gasteiger partial charge in [0, 0.05) is 18.7 Å². The molecule has 1 aliphatic heterocycles. The minimum absolute atomic E-state index is 0.659. The molecule has 2 saturated carbocycles. The molecule has 1 unspecified atom stereocenters. The molecule has 1 saturated heterocycles. The summed E-state index contributed by atoms with van der Waals surface area (Å²) in [5.41, 5.74) is 0.747. The summed E-state index contributed by atoms with van der Waals surface area (Å²) in [6, 6.07) is 1.49. The van der Waals surface area contributed by atoms with Gasteiger partial charge < -0.3 is 10.1 Å². The molecular weight excluding hydrogens is 174 g/mol. The van der Waals surface area contributed by atoms with Gasteiger partial charge in [0.1, 0.15) is 0 Å². The molecule has 14 heavy (non-hydrogen) atoms. The lowest BCUT2D eigenvalue weighted by atomic mass is 9.53. The highest BCUT2D eigenvalue weighted by atomic mass is 16.5. The van der Waals surface area contributed by atoms with Crippen LogP contribution in [0.15, 0.2) is 0 Å². The number of ether oxygens (including phenoxy) is 1. The third-order valence-corrected chi connectivity index (χ3v) is 4.62. The van der Waals surface area contributed by atoms with Crippen molar-refractivity contribution >= 4 is 0 Å². The Morgan fingerprint density at radius 2 is 2.00 bits per heavy atom. The highest BCUT2D eigenvalue weighted by molar-refractivity contribution is 5.05. The molecule has 2 aliphatic carbocycles. The summed E-state index contributed by atoms with van der Waals surface area (Å²) in [5.74, 6) is 0. The van der Waals surface area contributed by atoms with Gasteiger partial charge in [0.2, 0.25) is 0 Å².